The first-order valence-electron chi connectivity index (χ1n) is 8.94. The number of aromatic nitrogens is 1. The Labute approximate surface area is 177 Å². The topological polar surface area (TPSA) is 76.3 Å². The maximum Gasteiger partial charge on any atom is 0.269 e. The summed E-state index contributed by atoms with van der Waals surface area (Å²) >= 11 is 3.40. The van der Waals surface area contributed by atoms with Crippen LogP contribution < -0.4 is 14.8 Å². The molecule has 0 aliphatic heterocycles. The van der Waals surface area contributed by atoms with Gasteiger partial charge in [0.15, 0.2) is 11.5 Å². The molecule has 7 heteroatoms. The van der Waals surface area contributed by atoms with E-state index in [4.69, 9.17) is 9.47 Å². The zero-order valence-corrected chi connectivity index (χ0v) is 17.7. The highest BCUT2D eigenvalue weighted by Crippen LogP contribution is 2.27. The molecule has 3 rings (SSSR count). The average Bonchev–Trinajstić information content (AvgIpc) is 3.18. The Morgan fingerprint density at radius 1 is 1.10 bits per heavy atom. The molecule has 0 aliphatic carbocycles. The number of nitrogens with zero attached hydrogens (tertiary/aromatic N) is 2. The summed E-state index contributed by atoms with van der Waals surface area (Å²) in [5, 5.41) is 12.3. The minimum Gasteiger partial charge on any atom is -0.493 e. The minimum absolute atomic E-state index is 0.296. The van der Waals surface area contributed by atoms with Gasteiger partial charge >= 0.3 is 0 Å². The van der Waals surface area contributed by atoms with Crippen LogP contribution in [0.15, 0.2) is 59.2 Å². The third-order valence-electron chi connectivity index (χ3n) is 4.47. The molecule has 148 valence electrons. The molecule has 29 heavy (non-hydrogen) atoms. The normalized spacial score (nSPS) is 10.3. The van der Waals surface area contributed by atoms with Gasteiger partial charge in [0.1, 0.15) is 11.8 Å². The molecule has 1 amide bonds. The lowest BCUT2D eigenvalue weighted by Gasteiger charge is -2.12. The molecule has 0 bridgehead atoms. The third-order valence-corrected chi connectivity index (χ3v) is 5.00. The summed E-state index contributed by atoms with van der Waals surface area (Å²) in [7, 11) is 3.17. The van der Waals surface area contributed by atoms with Gasteiger partial charge in [-0.1, -0.05) is 22.0 Å². The quantitative estimate of drug-likeness (QED) is 0.583. The van der Waals surface area contributed by atoms with Crippen LogP contribution in [0.25, 0.3) is 5.69 Å². The monoisotopic (exact) mass is 453 g/mol. The van der Waals surface area contributed by atoms with Crippen molar-refractivity contribution in [3.8, 4) is 23.3 Å². The minimum atomic E-state index is -0.296. The number of hydrogen-bond acceptors (Lipinski definition) is 4. The number of hydrogen-bond donors (Lipinski definition) is 1. The van der Waals surface area contributed by atoms with Crippen molar-refractivity contribution >= 4 is 21.8 Å². The Bertz CT molecular complexity index is 1050. The number of amides is 1. The SMILES string of the molecule is COc1ccc(CCNC(=O)c2c(C#N)ccn2-c2ccc(Br)cc2)cc1OC. The highest BCUT2D eigenvalue weighted by Gasteiger charge is 2.18. The van der Waals surface area contributed by atoms with Crippen LogP contribution in [0.4, 0.5) is 0 Å². The van der Waals surface area contributed by atoms with Crippen molar-refractivity contribution in [1.29, 1.82) is 5.26 Å². The number of benzene rings is 2. The van der Waals surface area contributed by atoms with E-state index in [0.717, 1.165) is 15.7 Å². The van der Waals surface area contributed by atoms with Crippen molar-refractivity contribution in [3.05, 3.63) is 76.0 Å². The molecule has 1 N–H and O–H groups in total. The van der Waals surface area contributed by atoms with Crippen molar-refractivity contribution in [2.45, 2.75) is 6.42 Å². The van der Waals surface area contributed by atoms with Gasteiger partial charge in [0.05, 0.1) is 19.8 Å². The standard InChI is InChI=1S/C22H20BrN3O3/c1-28-19-8-3-15(13-20(19)29-2)9-11-25-22(27)21-16(14-24)10-12-26(21)18-6-4-17(23)5-7-18/h3-8,10,12-13H,9,11H2,1-2H3,(H,25,27). The summed E-state index contributed by atoms with van der Waals surface area (Å²) in [5.74, 6) is 1.01. The summed E-state index contributed by atoms with van der Waals surface area (Å²) in [6.45, 7) is 0.421. The van der Waals surface area contributed by atoms with Crippen LogP contribution in [-0.2, 0) is 6.42 Å². The van der Waals surface area contributed by atoms with E-state index < -0.39 is 0 Å². The Hall–Kier alpha value is -3.24. The van der Waals surface area contributed by atoms with Gasteiger partial charge in [-0.3, -0.25) is 4.79 Å². The zero-order valence-electron chi connectivity index (χ0n) is 16.1. The van der Waals surface area contributed by atoms with E-state index in [2.05, 4.69) is 27.3 Å². The van der Waals surface area contributed by atoms with E-state index >= 15 is 0 Å². The number of nitriles is 1. The van der Waals surface area contributed by atoms with Crippen LogP contribution in [0.2, 0.25) is 0 Å². The summed E-state index contributed by atoms with van der Waals surface area (Å²) in [4.78, 5) is 12.8. The first kappa shape index (κ1) is 20.5. The van der Waals surface area contributed by atoms with Gasteiger partial charge in [0.25, 0.3) is 5.91 Å². The molecular formula is C22H20BrN3O3. The van der Waals surface area contributed by atoms with Crippen LogP contribution >= 0.6 is 15.9 Å². The molecule has 1 aromatic heterocycles. The zero-order chi connectivity index (χ0) is 20.8. The van der Waals surface area contributed by atoms with Gasteiger partial charge in [-0.15, -0.1) is 0 Å². The Morgan fingerprint density at radius 2 is 1.83 bits per heavy atom. The van der Waals surface area contributed by atoms with Gasteiger partial charge in [0.2, 0.25) is 0 Å². The first-order valence-corrected chi connectivity index (χ1v) is 9.73. The van der Waals surface area contributed by atoms with E-state index in [-0.39, 0.29) is 5.91 Å². The Kier molecular flexibility index (Phi) is 6.57. The highest BCUT2D eigenvalue weighted by molar-refractivity contribution is 9.10. The molecule has 0 unspecified atom stereocenters. The summed E-state index contributed by atoms with van der Waals surface area (Å²) in [5.41, 5.74) is 2.46. The lowest BCUT2D eigenvalue weighted by atomic mass is 10.1. The van der Waals surface area contributed by atoms with E-state index in [0.29, 0.717) is 35.7 Å². The molecule has 0 atom stereocenters. The van der Waals surface area contributed by atoms with E-state index in [9.17, 15) is 10.1 Å². The number of carbonyl (C=O) groups is 1. The van der Waals surface area contributed by atoms with Crippen LogP contribution in [0.1, 0.15) is 21.6 Å². The van der Waals surface area contributed by atoms with Crippen LogP contribution in [0, 0.1) is 11.3 Å². The third kappa shape index (κ3) is 4.61. The van der Waals surface area contributed by atoms with Crippen molar-refractivity contribution in [2.24, 2.45) is 0 Å². The summed E-state index contributed by atoms with van der Waals surface area (Å²) in [6.07, 6.45) is 2.35. The molecule has 6 nitrogen and oxygen atoms in total. The molecule has 0 fully saturated rings. The molecular weight excluding hydrogens is 434 g/mol. The predicted molar refractivity (Wildman–Crippen MR) is 114 cm³/mol. The second kappa shape index (κ2) is 9.30. The van der Waals surface area contributed by atoms with Crippen LogP contribution in [-0.4, -0.2) is 31.2 Å². The fraction of sp³-hybridized carbons (Fsp3) is 0.182. The molecule has 0 radical (unpaired) electrons. The van der Waals surface area contributed by atoms with Crippen LogP contribution in [0.5, 0.6) is 11.5 Å². The van der Waals surface area contributed by atoms with Gasteiger partial charge in [-0.25, -0.2) is 0 Å². The maximum atomic E-state index is 12.8. The second-order valence-electron chi connectivity index (χ2n) is 6.23. The molecule has 0 saturated heterocycles. The largest absolute Gasteiger partial charge is 0.493 e. The van der Waals surface area contributed by atoms with Gasteiger partial charge in [0, 0.05) is 22.9 Å². The number of nitrogens with one attached hydrogen (secondary N) is 1. The molecule has 0 aliphatic rings. The fourth-order valence-corrected chi connectivity index (χ4v) is 3.28. The Morgan fingerprint density at radius 3 is 2.48 bits per heavy atom. The van der Waals surface area contributed by atoms with Gasteiger partial charge < -0.3 is 19.4 Å². The lowest BCUT2D eigenvalue weighted by Crippen LogP contribution is -2.28. The fourth-order valence-electron chi connectivity index (χ4n) is 3.01. The summed E-state index contributed by atoms with van der Waals surface area (Å²) < 4.78 is 13.2. The maximum absolute atomic E-state index is 12.8. The number of halogens is 1. The van der Waals surface area contributed by atoms with Crippen LogP contribution in [0.3, 0.4) is 0 Å². The predicted octanol–water partition coefficient (Wildman–Crippen LogP) is 4.10. The number of rotatable bonds is 7. The van der Waals surface area contributed by atoms with Crippen molar-refractivity contribution < 1.29 is 14.3 Å². The van der Waals surface area contributed by atoms with Crippen molar-refractivity contribution in [3.63, 3.8) is 0 Å². The van der Waals surface area contributed by atoms with E-state index in [1.165, 1.54) is 0 Å². The van der Waals surface area contributed by atoms with Crippen molar-refractivity contribution in [2.75, 3.05) is 20.8 Å². The second-order valence-corrected chi connectivity index (χ2v) is 7.15. The molecule has 3 aromatic rings. The van der Waals surface area contributed by atoms with Gasteiger partial charge in [-0.05, 0) is 54.4 Å². The number of methoxy groups -OCH3 is 2. The van der Waals surface area contributed by atoms with Gasteiger partial charge in [-0.2, -0.15) is 5.26 Å². The Balaban J connectivity index is 1.74. The molecule has 2 aromatic carbocycles. The number of ether oxygens (including phenoxy) is 2. The smallest absolute Gasteiger partial charge is 0.269 e. The van der Waals surface area contributed by atoms with Crippen molar-refractivity contribution in [1.82, 2.24) is 9.88 Å². The van der Waals surface area contributed by atoms with E-state index in [1.54, 1.807) is 31.0 Å². The molecule has 1 heterocycles. The number of carbonyl (C=O) groups excluding carboxylic acids is 1. The highest BCUT2D eigenvalue weighted by atomic mass is 79.9. The molecule has 0 saturated carbocycles. The first-order chi connectivity index (χ1) is 14.1. The van der Waals surface area contributed by atoms with E-state index in [1.807, 2.05) is 42.5 Å². The summed E-state index contributed by atoms with van der Waals surface area (Å²) in [6, 6.07) is 16.9. The average molecular weight is 454 g/mol. The molecule has 0 spiro atoms. The lowest BCUT2D eigenvalue weighted by molar-refractivity contribution is 0.0947.